The quantitative estimate of drug-likeness (QED) is 0.740. The molecule has 1 aromatic carbocycles. The van der Waals surface area contributed by atoms with Gasteiger partial charge in [-0.3, -0.25) is 4.79 Å². The molecule has 3 rings (SSSR count). The molecule has 0 spiro atoms. The number of aromatic nitrogens is 1. The van der Waals surface area contributed by atoms with E-state index in [-0.39, 0.29) is 5.91 Å². The molecule has 0 unspecified atom stereocenters. The number of hydrogen-bond acceptors (Lipinski definition) is 2. The zero-order valence-corrected chi connectivity index (χ0v) is 13.7. The lowest BCUT2D eigenvalue weighted by atomic mass is 10.1. The normalized spacial score (nSPS) is 11.0. The Labute approximate surface area is 134 Å². The van der Waals surface area contributed by atoms with Gasteiger partial charge in [0, 0.05) is 28.0 Å². The van der Waals surface area contributed by atoms with Gasteiger partial charge in [0.15, 0.2) is 0 Å². The van der Waals surface area contributed by atoms with Crippen LogP contribution in [0.3, 0.4) is 0 Å². The number of H-pyrrole nitrogens is 1. The van der Waals surface area contributed by atoms with Gasteiger partial charge in [-0.2, -0.15) is 0 Å². The van der Waals surface area contributed by atoms with E-state index in [4.69, 9.17) is 0 Å². The number of nitrogens with one attached hydrogen (secondary N) is 2. The number of aromatic amines is 1. The number of benzene rings is 1. The van der Waals surface area contributed by atoms with Gasteiger partial charge in [0.25, 0.3) is 0 Å². The fourth-order valence-electron chi connectivity index (χ4n) is 2.73. The predicted molar refractivity (Wildman–Crippen MR) is 92.5 cm³/mol. The summed E-state index contributed by atoms with van der Waals surface area (Å²) in [4.78, 5) is 16.9. The summed E-state index contributed by atoms with van der Waals surface area (Å²) in [6.45, 7) is 4.80. The Kier molecular flexibility index (Phi) is 4.29. The molecule has 2 aromatic heterocycles. The van der Waals surface area contributed by atoms with E-state index in [9.17, 15) is 4.79 Å². The zero-order chi connectivity index (χ0) is 15.5. The maximum Gasteiger partial charge on any atom is 0.224 e. The highest BCUT2D eigenvalue weighted by Gasteiger charge is 2.12. The molecule has 0 saturated heterocycles. The molecule has 22 heavy (non-hydrogen) atoms. The van der Waals surface area contributed by atoms with Crippen LogP contribution >= 0.6 is 11.3 Å². The number of thiophene rings is 1. The molecule has 3 aromatic rings. The van der Waals surface area contributed by atoms with Gasteiger partial charge < -0.3 is 10.3 Å². The zero-order valence-electron chi connectivity index (χ0n) is 12.9. The molecule has 2 N–H and O–H groups in total. The molecular formula is C18H20N2OS. The van der Waals surface area contributed by atoms with Crippen LogP contribution in [0.15, 0.2) is 35.7 Å². The van der Waals surface area contributed by atoms with Gasteiger partial charge in [-0.1, -0.05) is 17.7 Å². The third kappa shape index (κ3) is 3.22. The molecule has 3 nitrogen and oxygen atoms in total. The maximum atomic E-state index is 12.2. The van der Waals surface area contributed by atoms with Crippen molar-refractivity contribution in [3.8, 4) is 0 Å². The molecule has 0 aliphatic rings. The molecule has 0 fully saturated rings. The van der Waals surface area contributed by atoms with Crippen LogP contribution in [0, 0.1) is 13.8 Å². The molecule has 1 amide bonds. The van der Waals surface area contributed by atoms with E-state index < -0.39 is 0 Å². The SMILES string of the molecule is Cc1ccc2[nH]c(C)c(CC(=O)NCCc3cccs3)c2c1. The summed E-state index contributed by atoms with van der Waals surface area (Å²) in [6, 6.07) is 10.5. The Balaban J connectivity index is 1.66. The number of hydrogen-bond donors (Lipinski definition) is 2. The van der Waals surface area contributed by atoms with Crippen LogP contribution in [0.25, 0.3) is 10.9 Å². The molecule has 2 heterocycles. The van der Waals surface area contributed by atoms with Crippen LogP contribution in [0.5, 0.6) is 0 Å². The van der Waals surface area contributed by atoms with E-state index in [1.54, 1.807) is 11.3 Å². The first-order chi connectivity index (χ1) is 10.6. The second kappa shape index (κ2) is 6.36. The topological polar surface area (TPSA) is 44.9 Å². The van der Waals surface area contributed by atoms with Crippen LogP contribution in [-0.2, 0) is 17.6 Å². The minimum atomic E-state index is 0.0852. The average Bonchev–Trinajstić information content (AvgIpc) is 3.09. The number of carbonyl (C=O) groups is 1. The predicted octanol–water partition coefficient (Wildman–Crippen LogP) is 3.75. The Morgan fingerprint density at radius 2 is 2.14 bits per heavy atom. The van der Waals surface area contributed by atoms with Gasteiger partial charge in [0.1, 0.15) is 0 Å². The lowest BCUT2D eigenvalue weighted by molar-refractivity contribution is -0.120. The van der Waals surface area contributed by atoms with E-state index in [1.165, 1.54) is 10.4 Å². The number of carbonyl (C=O) groups excluding carboxylic acids is 1. The van der Waals surface area contributed by atoms with Gasteiger partial charge in [-0.05, 0) is 49.4 Å². The first kappa shape index (κ1) is 14.9. The third-order valence-corrected chi connectivity index (χ3v) is 4.82. The standard InChI is InChI=1S/C18H20N2OS/c1-12-5-6-17-16(10-12)15(13(2)20-17)11-18(21)19-8-7-14-4-3-9-22-14/h3-6,9-10,20H,7-8,11H2,1-2H3,(H,19,21). The molecule has 114 valence electrons. The van der Waals surface area contributed by atoms with Gasteiger partial charge in [0.05, 0.1) is 6.42 Å². The van der Waals surface area contributed by atoms with E-state index in [1.807, 2.05) is 13.0 Å². The van der Waals surface area contributed by atoms with E-state index in [2.05, 4.69) is 46.9 Å². The summed E-state index contributed by atoms with van der Waals surface area (Å²) in [5.41, 5.74) is 4.50. The summed E-state index contributed by atoms with van der Waals surface area (Å²) in [5, 5.41) is 6.24. The van der Waals surface area contributed by atoms with Crippen molar-refractivity contribution in [1.82, 2.24) is 10.3 Å². The fourth-order valence-corrected chi connectivity index (χ4v) is 3.44. The van der Waals surface area contributed by atoms with Gasteiger partial charge in [-0.25, -0.2) is 0 Å². The fraction of sp³-hybridized carbons (Fsp3) is 0.278. The molecular weight excluding hydrogens is 292 g/mol. The van der Waals surface area contributed by atoms with Crippen LogP contribution < -0.4 is 5.32 Å². The first-order valence-corrected chi connectivity index (χ1v) is 8.38. The van der Waals surface area contributed by atoms with Crippen molar-refractivity contribution in [3.63, 3.8) is 0 Å². The summed E-state index contributed by atoms with van der Waals surface area (Å²) in [7, 11) is 0. The van der Waals surface area contributed by atoms with Crippen molar-refractivity contribution in [1.29, 1.82) is 0 Å². The van der Waals surface area contributed by atoms with Crippen LogP contribution in [0.1, 0.15) is 21.7 Å². The highest BCUT2D eigenvalue weighted by Crippen LogP contribution is 2.23. The molecule has 0 radical (unpaired) electrons. The van der Waals surface area contributed by atoms with Gasteiger partial charge in [0.2, 0.25) is 5.91 Å². The van der Waals surface area contributed by atoms with Crippen molar-refractivity contribution < 1.29 is 4.79 Å². The second-order valence-electron chi connectivity index (χ2n) is 5.63. The summed E-state index contributed by atoms with van der Waals surface area (Å²) < 4.78 is 0. The highest BCUT2D eigenvalue weighted by molar-refractivity contribution is 7.09. The Hall–Kier alpha value is -2.07. The lowest BCUT2D eigenvalue weighted by Gasteiger charge is -2.05. The monoisotopic (exact) mass is 312 g/mol. The first-order valence-electron chi connectivity index (χ1n) is 7.50. The molecule has 0 saturated carbocycles. The lowest BCUT2D eigenvalue weighted by Crippen LogP contribution is -2.27. The van der Waals surface area contributed by atoms with Crippen molar-refractivity contribution in [2.24, 2.45) is 0 Å². The molecule has 0 aliphatic carbocycles. The Morgan fingerprint density at radius 3 is 2.91 bits per heavy atom. The maximum absolute atomic E-state index is 12.2. The van der Waals surface area contributed by atoms with Gasteiger partial charge in [-0.15, -0.1) is 11.3 Å². The van der Waals surface area contributed by atoms with Crippen LogP contribution in [0.4, 0.5) is 0 Å². The summed E-state index contributed by atoms with van der Waals surface area (Å²) >= 11 is 1.73. The molecule has 4 heteroatoms. The Bertz CT molecular complexity index is 787. The van der Waals surface area contributed by atoms with Crippen molar-refractivity contribution in [3.05, 3.63) is 57.4 Å². The number of fused-ring (bicyclic) bond motifs is 1. The smallest absolute Gasteiger partial charge is 0.224 e. The summed E-state index contributed by atoms with van der Waals surface area (Å²) in [5.74, 6) is 0.0852. The second-order valence-corrected chi connectivity index (χ2v) is 6.67. The highest BCUT2D eigenvalue weighted by atomic mass is 32.1. The number of aryl methyl sites for hydroxylation is 2. The molecule has 0 atom stereocenters. The molecule has 0 bridgehead atoms. The minimum Gasteiger partial charge on any atom is -0.358 e. The van der Waals surface area contributed by atoms with E-state index in [0.29, 0.717) is 13.0 Å². The van der Waals surface area contributed by atoms with Gasteiger partial charge >= 0.3 is 0 Å². The minimum absolute atomic E-state index is 0.0852. The Morgan fingerprint density at radius 1 is 1.27 bits per heavy atom. The van der Waals surface area contributed by atoms with E-state index >= 15 is 0 Å². The number of rotatable bonds is 5. The average molecular weight is 312 g/mol. The van der Waals surface area contributed by atoms with Crippen molar-refractivity contribution in [2.75, 3.05) is 6.54 Å². The van der Waals surface area contributed by atoms with Crippen LogP contribution in [-0.4, -0.2) is 17.4 Å². The summed E-state index contributed by atoms with van der Waals surface area (Å²) in [6.07, 6.45) is 1.33. The largest absolute Gasteiger partial charge is 0.358 e. The third-order valence-electron chi connectivity index (χ3n) is 3.89. The number of amides is 1. The van der Waals surface area contributed by atoms with Crippen molar-refractivity contribution in [2.45, 2.75) is 26.7 Å². The van der Waals surface area contributed by atoms with Crippen molar-refractivity contribution >= 4 is 28.1 Å². The van der Waals surface area contributed by atoms with E-state index in [0.717, 1.165) is 28.6 Å². The van der Waals surface area contributed by atoms with Crippen LogP contribution in [0.2, 0.25) is 0 Å². The molecule has 0 aliphatic heterocycles.